The molecule has 1 aromatic heterocycles. The molecule has 0 saturated carbocycles. The van der Waals surface area contributed by atoms with E-state index in [0.717, 1.165) is 63.0 Å². The standard InChI is InChI=1S/C14H28N6.C13H23N5/c1-13(2,3)9-14(16)7-11(18-12(15)19-14)20-6-5-10(8-20)17-4;1-10(2)7-15-12-6-13(17-9-16-12)18-5-4-11(8-18)14-3/h7,10,17H,5-6,8-9,16H2,1-4H3,(H3,15,18,19);6,9-11,14H,4-5,7-8H2,1-3H3,(H,15,16,17)/t10-,14?;11-/m11/s1. The normalized spacial score (nSPS) is 25.5. The van der Waals surface area contributed by atoms with Crippen molar-refractivity contribution in [2.75, 3.05) is 57.0 Å². The molecule has 0 amide bonds. The molecule has 0 radical (unpaired) electrons. The Hall–Kier alpha value is -2.63. The number of hydrogen-bond acceptors (Lipinski definition) is 11. The minimum Gasteiger partial charge on any atom is -0.370 e. The van der Waals surface area contributed by atoms with Crippen LogP contribution in [0.2, 0.25) is 0 Å². The highest BCUT2D eigenvalue weighted by Gasteiger charge is 2.34. The van der Waals surface area contributed by atoms with Crippen molar-refractivity contribution in [1.82, 2.24) is 30.8 Å². The van der Waals surface area contributed by atoms with Crippen molar-refractivity contribution in [1.29, 1.82) is 0 Å². The number of hydrogen-bond donors (Lipinski definition) is 6. The summed E-state index contributed by atoms with van der Waals surface area (Å²) in [5.41, 5.74) is 11.7. The Morgan fingerprint density at radius 1 is 1.08 bits per heavy atom. The number of aromatic nitrogens is 2. The SMILES string of the molecule is CN[C@@H]1CCN(C2=CC(N)(CC(C)(C)C)N=C(N)N2)C1.CN[C@@H]1CCN(c2cc(NCC(C)C)ncn2)C1. The minimum atomic E-state index is -0.722. The van der Waals surface area contributed by atoms with Crippen molar-refractivity contribution >= 4 is 17.6 Å². The van der Waals surface area contributed by atoms with Crippen LogP contribution in [0.25, 0.3) is 0 Å². The summed E-state index contributed by atoms with van der Waals surface area (Å²) in [5.74, 6) is 3.95. The molecule has 4 heterocycles. The highest BCUT2D eigenvalue weighted by atomic mass is 15.3. The first-order valence-electron chi connectivity index (χ1n) is 13.9. The molecule has 3 aliphatic rings. The summed E-state index contributed by atoms with van der Waals surface area (Å²) < 4.78 is 0. The fourth-order valence-electron chi connectivity index (χ4n) is 5.14. The van der Waals surface area contributed by atoms with Crippen LogP contribution in [-0.2, 0) is 0 Å². The van der Waals surface area contributed by atoms with Gasteiger partial charge in [0.25, 0.3) is 0 Å². The van der Waals surface area contributed by atoms with Gasteiger partial charge in [-0.2, -0.15) is 0 Å². The van der Waals surface area contributed by atoms with Crippen molar-refractivity contribution in [2.45, 2.75) is 71.6 Å². The van der Waals surface area contributed by atoms with Crippen molar-refractivity contribution in [3.63, 3.8) is 0 Å². The van der Waals surface area contributed by atoms with Crippen LogP contribution < -0.4 is 37.6 Å². The van der Waals surface area contributed by atoms with E-state index in [4.69, 9.17) is 11.5 Å². The first-order valence-corrected chi connectivity index (χ1v) is 13.9. The number of nitrogens with two attached hydrogens (primary N) is 2. The van der Waals surface area contributed by atoms with E-state index >= 15 is 0 Å². The van der Waals surface area contributed by atoms with Gasteiger partial charge in [0, 0.05) is 50.9 Å². The molecule has 1 aromatic rings. The quantitative estimate of drug-likeness (QED) is 0.293. The van der Waals surface area contributed by atoms with Crippen LogP contribution in [0.4, 0.5) is 11.6 Å². The highest BCUT2D eigenvalue weighted by Crippen LogP contribution is 2.30. The Balaban J connectivity index is 0.000000212. The average molecular weight is 530 g/mol. The Kier molecular flexibility index (Phi) is 10.2. The van der Waals surface area contributed by atoms with Crippen LogP contribution in [0.3, 0.4) is 0 Å². The number of aliphatic imine (C=N–C) groups is 1. The number of likely N-dealkylation sites (N-methyl/N-ethyl adjacent to an activating group) is 2. The number of guanidine groups is 1. The van der Waals surface area contributed by atoms with E-state index in [1.807, 2.05) is 26.2 Å². The summed E-state index contributed by atoms with van der Waals surface area (Å²) in [7, 11) is 4.02. The topological polar surface area (TPSA) is 145 Å². The van der Waals surface area contributed by atoms with E-state index in [0.29, 0.717) is 24.0 Å². The van der Waals surface area contributed by atoms with Gasteiger partial charge in [-0.3, -0.25) is 0 Å². The lowest BCUT2D eigenvalue weighted by molar-refractivity contribution is 0.287. The first kappa shape index (κ1) is 29.9. The lowest BCUT2D eigenvalue weighted by Gasteiger charge is -2.36. The summed E-state index contributed by atoms with van der Waals surface area (Å²) >= 11 is 0. The molecule has 2 fully saturated rings. The predicted molar refractivity (Wildman–Crippen MR) is 158 cm³/mol. The molecule has 3 atom stereocenters. The van der Waals surface area contributed by atoms with E-state index in [2.05, 4.69) is 80.6 Å². The number of nitrogens with zero attached hydrogens (tertiary/aromatic N) is 5. The molecule has 0 aromatic carbocycles. The predicted octanol–water partition coefficient (Wildman–Crippen LogP) is 1.47. The molecule has 8 N–H and O–H groups in total. The molecule has 0 bridgehead atoms. The van der Waals surface area contributed by atoms with Gasteiger partial charge in [-0.1, -0.05) is 34.6 Å². The van der Waals surface area contributed by atoms with E-state index in [1.165, 1.54) is 6.42 Å². The number of rotatable bonds is 8. The van der Waals surface area contributed by atoms with E-state index in [1.54, 1.807) is 6.33 Å². The van der Waals surface area contributed by atoms with Crippen molar-refractivity contribution in [3.8, 4) is 0 Å². The van der Waals surface area contributed by atoms with Crippen LogP contribution in [0.1, 0.15) is 53.9 Å². The Bertz CT molecular complexity index is 955. The molecule has 0 aliphatic carbocycles. The molecule has 11 heteroatoms. The summed E-state index contributed by atoms with van der Waals surface area (Å²) in [4.78, 5) is 17.6. The summed E-state index contributed by atoms with van der Waals surface area (Å²) in [6.07, 6.45) is 6.73. The van der Waals surface area contributed by atoms with Gasteiger partial charge < -0.3 is 42.5 Å². The Morgan fingerprint density at radius 3 is 2.29 bits per heavy atom. The van der Waals surface area contributed by atoms with Gasteiger partial charge in [0.15, 0.2) is 5.96 Å². The second-order valence-electron chi connectivity index (χ2n) is 12.4. The van der Waals surface area contributed by atoms with Gasteiger partial charge >= 0.3 is 0 Å². The van der Waals surface area contributed by atoms with Crippen molar-refractivity contribution in [3.05, 3.63) is 24.3 Å². The van der Waals surface area contributed by atoms with Crippen molar-refractivity contribution < 1.29 is 0 Å². The summed E-state index contributed by atoms with van der Waals surface area (Å²) in [6.45, 7) is 15.9. The van der Waals surface area contributed by atoms with E-state index in [9.17, 15) is 0 Å². The van der Waals surface area contributed by atoms with E-state index < -0.39 is 5.66 Å². The van der Waals surface area contributed by atoms with Gasteiger partial charge in [-0.25, -0.2) is 15.0 Å². The monoisotopic (exact) mass is 529 g/mol. The maximum Gasteiger partial charge on any atom is 0.196 e. The molecule has 214 valence electrons. The van der Waals surface area contributed by atoms with Crippen molar-refractivity contribution in [2.24, 2.45) is 27.8 Å². The molecular formula is C27H51N11. The van der Waals surface area contributed by atoms with Gasteiger partial charge in [-0.05, 0) is 50.8 Å². The van der Waals surface area contributed by atoms with Crippen LogP contribution in [-0.4, -0.2) is 85.4 Å². The molecule has 0 spiro atoms. The highest BCUT2D eigenvalue weighted by molar-refractivity contribution is 5.81. The molecular weight excluding hydrogens is 478 g/mol. The zero-order chi connectivity index (χ0) is 27.9. The molecule has 38 heavy (non-hydrogen) atoms. The summed E-state index contributed by atoms with van der Waals surface area (Å²) in [5, 5.41) is 13.1. The second kappa shape index (κ2) is 12.9. The first-order chi connectivity index (χ1) is 17.9. The third kappa shape index (κ3) is 8.99. The maximum absolute atomic E-state index is 6.43. The smallest absolute Gasteiger partial charge is 0.196 e. The zero-order valence-electron chi connectivity index (χ0n) is 24.5. The Labute approximate surface area is 229 Å². The molecule has 11 nitrogen and oxygen atoms in total. The third-order valence-electron chi connectivity index (χ3n) is 6.99. The third-order valence-corrected chi connectivity index (χ3v) is 6.99. The van der Waals surface area contributed by atoms with Gasteiger partial charge in [-0.15, -0.1) is 0 Å². The number of anilines is 2. The second-order valence-corrected chi connectivity index (χ2v) is 12.4. The van der Waals surface area contributed by atoms with Gasteiger partial charge in [0.2, 0.25) is 0 Å². The largest absolute Gasteiger partial charge is 0.370 e. The van der Waals surface area contributed by atoms with E-state index in [-0.39, 0.29) is 5.41 Å². The average Bonchev–Trinajstić information content (AvgIpc) is 3.51. The van der Waals surface area contributed by atoms with Crippen LogP contribution in [0.5, 0.6) is 0 Å². The fourth-order valence-corrected chi connectivity index (χ4v) is 5.14. The lowest BCUT2D eigenvalue weighted by Crippen LogP contribution is -2.51. The molecule has 2 saturated heterocycles. The van der Waals surface area contributed by atoms with Crippen LogP contribution in [0, 0.1) is 11.3 Å². The van der Waals surface area contributed by atoms with Gasteiger partial charge in [0.1, 0.15) is 29.4 Å². The lowest BCUT2D eigenvalue weighted by atomic mass is 9.84. The summed E-state index contributed by atoms with van der Waals surface area (Å²) in [6, 6.07) is 3.14. The number of nitrogens with one attached hydrogen (secondary N) is 4. The van der Waals surface area contributed by atoms with Gasteiger partial charge in [0.05, 0.1) is 0 Å². The molecule has 3 aliphatic heterocycles. The zero-order valence-corrected chi connectivity index (χ0v) is 24.5. The minimum absolute atomic E-state index is 0.0933. The number of likely N-dealkylation sites (tertiary alicyclic amines) is 1. The Morgan fingerprint density at radius 2 is 1.71 bits per heavy atom. The molecule has 4 rings (SSSR count). The maximum atomic E-state index is 6.43. The molecule has 1 unspecified atom stereocenters. The van der Waals surface area contributed by atoms with Crippen LogP contribution >= 0.6 is 0 Å². The fraction of sp³-hybridized carbons (Fsp3) is 0.741. The van der Waals surface area contributed by atoms with Crippen LogP contribution in [0.15, 0.2) is 29.3 Å².